The molecule has 0 saturated heterocycles. The fourth-order valence-electron chi connectivity index (χ4n) is 0.934. The zero-order valence-electron chi connectivity index (χ0n) is 8.68. The van der Waals surface area contributed by atoms with Crippen LogP contribution in [0.1, 0.15) is 13.8 Å². The van der Waals surface area contributed by atoms with Crippen molar-refractivity contribution in [2.45, 2.75) is 13.8 Å². The number of nitrogens with one attached hydrogen (secondary N) is 1. The van der Waals surface area contributed by atoms with Crippen LogP contribution in [0.5, 0.6) is 0 Å². The van der Waals surface area contributed by atoms with Crippen molar-refractivity contribution >= 4 is 23.3 Å². The van der Waals surface area contributed by atoms with Gasteiger partial charge in [0.05, 0.1) is 5.69 Å². The van der Waals surface area contributed by atoms with E-state index in [0.29, 0.717) is 5.92 Å². The maximum Gasteiger partial charge on any atom is 0.172 e. The van der Waals surface area contributed by atoms with E-state index in [4.69, 9.17) is 5.73 Å². The highest BCUT2D eigenvalue weighted by atomic mass is 32.2. The van der Waals surface area contributed by atoms with Crippen molar-refractivity contribution in [1.29, 1.82) is 0 Å². The van der Waals surface area contributed by atoms with E-state index in [1.807, 2.05) is 0 Å². The third kappa shape index (κ3) is 3.27. The average Bonchev–Trinajstić information content (AvgIpc) is 2.18. The van der Waals surface area contributed by atoms with Crippen LogP contribution in [0.25, 0.3) is 0 Å². The predicted molar refractivity (Wildman–Crippen MR) is 61.7 cm³/mol. The summed E-state index contributed by atoms with van der Waals surface area (Å²) in [5.41, 5.74) is 5.00. The Kier molecular flexibility index (Phi) is 4.20. The molecule has 0 bridgehead atoms. The summed E-state index contributed by atoms with van der Waals surface area (Å²) in [4.78, 5) is 0. The molecule has 0 amide bonds. The lowest BCUT2D eigenvalue weighted by molar-refractivity contribution is 0.595. The first-order chi connectivity index (χ1) is 7.02. The Morgan fingerprint density at radius 3 is 2.67 bits per heavy atom. The standard InChI is InChI=1S/C10H14F2N2S/c1-6(2)5-15-14-8-4-3-7(11)10(13)9(8)12/h3-4,6,14H,5,13H2,1-2H3. The molecule has 1 rings (SSSR count). The second-order valence-corrected chi connectivity index (χ2v) is 4.46. The monoisotopic (exact) mass is 232 g/mol. The van der Waals surface area contributed by atoms with Crippen LogP contribution in [-0.2, 0) is 0 Å². The van der Waals surface area contributed by atoms with Crippen molar-refractivity contribution in [3.05, 3.63) is 23.8 Å². The Balaban J connectivity index is 2.66. The van der Waals surface area contributed by atoms with Crippen LogP contribution < -0.4 is 10.5 Å². The summed E-state index contributed by atoms with van der Waals surface area (Å²) in [5.74, 6) is -0.113. The Morgan fingerprint density at radius 1 is 1.40 bits per heavy atom. The second-order valence-electron chi connectivity index (χ2n) is 3.63. The number of anilines is 2. The van der Waals surface area contributed by atoms with E-state index in [-0.39, 0.29) is 5.69 Å². The normalized spacial score (nSPS) is 10.7. The minimum Gasteiger partial charge on any atom is -0.394 e. The van der Waals surface area contributed by atoms with Gasteiger partial charge in [-0.25, -0.2) is 8.78 Å². The Labute approximate surface area is 92.4 Å². The molecular weight excluding hydrogens is 218 g/mol. The predicted octanol–water partition coefficient (Wildman–Crippen LogP) is 3.26. The summed E-state index contributed by atoms with van der Waals surface area (Å²) in [7, 11) is 0. The SMILES string of the molecule is CC(C)CSNc1ccc(F)c(N)c1F. The van der Waals surface area contributed by atoms with Crippen molar-refractivity contribution in [2.75, 3.05) is 16.2 Å². The molecule has 0 atom stereocenters. The summed E-state index contributed by atoms with van der Waals surface area (Å²) in [6.45, 7) is 4.12. The number of benzene rings is 1. The van der Waals surface area contributed by atoms with Crippen molar-refractivity contribution in [3.8, 4) is 0 Å². The third-order valence-corrected chi connectivity index (χ3v) is 2.92. The molecule has 3 N–H and O–H groups in total. The largest absolute Gasteiger partial charge is 0.394 e. The molecule has 0 heterocycles. The minimum atomic E-state index is -0.730. The van der Waals surface area contributed by atoms with E-state index in [1.54, 1.807) is 0 Å². The first-order valence-electron chi connectivity index (χ1n) is 4.63. The highest BCUT2D eigenvalue weighted by Crippen LogP contribution is 2.25. The zero-order valence-corrected chi connectivity index (χ0v) is 9.50. The van der Waals surface area contributed by atoms with Gasteiger partial charge in [0, 0.05) is 5.75 Å². The van der Waals surface area contributed by atoms with Gasteiger partial charge in [-0.05, 0) is 18.1 Å². The fourth-order valence-corrected chi connectivity index (χ4v) is 1.66. The molecule has 15 heavy (non-hydrogen) atoms. The number of halogens is 2. The molecule has 0 radical (unpaired) electrons. The lowest BCUT2D eigenvalue weighted by atomic mass is 10.2. The third-order valence-electron chi connectivity index (χ3n) is 1.73. The Hall–Kier alpha value is -0.970. The minimum absolute atomic E-state index is 0.222. The van der Waals surface area contributed by atoms with Gasteiger partial charge in [0.25, 0.3) is 0 Å². The molecule has 0 saturated carbocycles. The smallest absolute Gasteiger partial charge is 0.172 e. The van der Waals surface area contributed by atoms with Crippen molar-refractivity contribution in [1.82, 2.24) is 0 Å². The van der Waals surface area contributed by atoms with Crippen LogP contribution in [0.2, 0.25) is 0 Å². The van der Waals surface area contributed by atoms with Gasteiger partial charge in [0.15, 0.2) is 5.82 Å². The number of hydrogen-bond donors (Lipinski definition) is 2. The number of nitrogens with two attached hydrogens (primary N) is 1. The molecule has 0 aromatic heterocycles. The lowest BCUT2D eigenvalue weighted by Crippen LogP contribution is -2.01. The first-order valence-corrected chi connectivity index (χ1v) is 5.62. The van der Waals surface area contributed by atoms with Crippen molar-refractivity contribution in [2.24, 2.45) is 5.92 Å². The van der Waals surface area contributed by atoms with Gasteiger partial charge in [0.2, 0.25) is 0 Å². The highest BCUT2D eigenvalue weighted by molar-refractivity contribution is 8.00. The van der Waals surface area contributed by atoms with Crippen LogP contribution in [-0.4, -0.2) is 5.75 Å². The van der Waals surface area contributed by atoms with E-state index in [9.17, 15) is 8.78 Å². The molecule has 84 valence electrons. The van der Waals surface area contributed by atoms with E-state index in [0.717, 1.165) is 11.8 Å². The van der Waals surface area contributed by atoms with Crippen LogP contribution in [0.3, 0.4) is 0 Å². The zero-order chi connectivity index (χ0) is 11.4. The maximum atomic E-state index is 13.3. The van der Waals surface area contributed by atoms with Crippen molar-refractivity contribution < 1.29 is 8.78 Å². The molecule has 0 unspecified atom stereocenters. The van der Waals surface area contributed by atoms with Gasteiger partial charge in [0.1, 0.15) is 11.5 Å². The quantitative estimate of drug-likeness (QED) is 0.618. The van der Waals surface area contributed by atoms with E-state index < -0.39 is 17.3 Å². The second kappa shape index (κ2) is 5.21. The summed E-state index contributed by atoms with van der Waals surface area (Å²) in [6, 6.07) is 2.49. The van der Waals surface area contributed by atoms with Gasteiger partial charge in [-0.2, -0.15) is 0 Å². The molecule has 0 spiro atoms. The van der Waals surface area contributed by atoms with Gasteiger partial charge in [-0.3, -0.25) is 0 Å². The molecule has 0 fully saturated rings. The molecule has 2 nitrogen and oxygen atoms in total. The first kappa shape index (κ1) is 12.1. The van der Waals surface area contributed by atoms with E-state index in [2.05, 4.69) is 18.6 Å². The Morgan fingerprint density at radius 2 is 2.07 bits per heavy atom. The maximum absolute atomic E-state index is 13.3. The topological polar surface area (TPSA) is 38.0 Å². The number of hydrogen-bond acceptors (Lipinski definition) is 3. The molecule has 0 aliphatic heterocycles. The van der Waals surface area contributed by atoms with Crippen molar-refractivity contribution in [3.63, 3.8) is 0 Å². The highest BCUT2D eigenvalue weighted by Gasteiger charge is 2.10. The molecule has 0 aliphatic rings. The van der Waals surface area contributed by atoms with Gasteiger partial charge in [-0.1, -0.05) is 25.8 Å². The van der Waals surface area contributed by atoms with Gasteiger partial charge >= 0.3 is 0 Å². The van der Waals surface area contributed by atoms with Crippen LogP contribution in [0.4, 0.5) is 20.2 Å². The Bertz CT molecular complexity index is 342. The molecular formula is C10H14F2N2S. The molecule has 0 aliphatic carbocycles. The summed E-state index contributed by atoms with van der Waals surface area (Å²) >= 11 is 1.38. The van der Waals surface area contributed by atoms with Crippen LogP contribution >= 0.6 is 11.9 Å². The average molecular weight is 232 g/mol. The van der Waals surface area contributed by atoms with Crippen LogP contribution in [0.15, 0.2) is 12.1 Å². The van der Waals surface area contributed by atoms with Gasteiger partial charge < -0.3 is 10.5 Å². The summed E-state index contributed by atoms with van der Waals surface area (Å²) in [6.07, 6.45) is 0. The number of nitrogen functional groups attached to an aromatic ring is 1. The lowest BCUT2D eigenvalue weighted by Gasteiger charge is -2.09. The molecule has 5 heteroatoms. The van der Waals surface area contributed by atoms with E-state index >= 15 is 0 Å². The van der Waals surface area contributed by atoms with Crippen LogP contribution in [0, 0.1) is 17.6 Å². The van der Waals surface area contributed by atoms with Gasteiger partial charge in [-0.15, -0.1) is 0 Å². The van der Waals surface area contributed by atoms with E-state index in [1.165, 1.54) is 18.0 Å². The summed E-state index contributed by atoms with van der Waals surface area (Å²) < 4.78 is 29.0. The molecule has 1 aromatic rings. The molecule has 1 aromatic carbocycles. The number of rotatable bonds is 4. The summed E-state index contributed by atoms with van der Waals surface area (Å²) in [5, 5.41) is 0. The fraction of sp³-hybridized carbons (Fsp3) is 0.400.